The topological polar surface area (TPSA) is 210 Å². The molecule has 1 saturated carbocycles. The summed E-state index contributed by atoms with van der Waals surface area (Å²) in [7, 11) is -5.14. The molecule has 0 bridgehead atoms. The summed E-state index contributed by atoms with van der Waals surface area (Å²) in [4.78, 5) is 35.6. The standard InChI is InChI=1S/C47H83O13P/c1-3-5-7-9-11-13-15-17-19-20-22-24-26-28-30-32-34-36-41(49)59-39(38-58-61(55,56)60-47-45(53)43(51)42(50)44(52)46(47)54)37-57-40(48)35-33-31-29-27-25-23-21-18-16-14-12-10-8-6-4-2/h11,13,17,19,29,31,33,35,39,42-47,50-54H,3-10,12,14-16,18,20-28,30,32,34,36-38H2,1-2H3,(H,55,56)/b13-11+,19-17+,31-29+,35-33+/t39-,42?,43+,44?,45?,46?,47?/m1/s1. The van der Waals surface area contributed by atoms with E-state index in [1.807, 2.05) is 6.08 Å². The Balaban J connectivity index is 2.51. The van der Waals surface area contributed by atoms with Crippen LogP contribution in [0.15, 0.2) is 48.6 Å². The molecule has 0 saturated heterocycles. The van der Waals surface area contributed by atoms with Gasteiger partial charge in [-0.15, -0.1) is 0 Å². The Morgan fingerprint density at radius 1 is 0.557 bits per heavy atom. The van der Waals surface area contributed by atoms with E-state index in [9.17, 15) is 44.6 Å². The van der Waals surface area contributed by atoms with Gasteiger partial charge in [0.2, 0.25) is 0 Å². The van der Waals surface area contributed by atoms with Gasteiger partial charge in [-0.2, -0.15) is 0 Å². The van der Waals surface area contributed by atoms with Crippen LogP contribution in [0, 0.1) is 0 Å². The molecule has 0 aromatic rings. The summed E-state index contributed by atoms with van der Waals surface area (Å²) in [5, 5.41) is 50.1. The molecule has 1 rings (SSSR count). The zero-order valence-electron chi connectivity index (χ0n) is 37.4. The van der Waals surface area contributed by atoms with E-state index in [0.717, 1.165) is 77.0 Å². The number of phosphoric acid groups is 1. The van der Waals surface area contributed by atoms with E-state index in [4.69, 9.17) is 18.5 Å². The summed E-state index contributed by atoms with van der Waals surface area (Å²) in [5.74, 6) is -1.36. The van der Waals surface area contributed by atoms with Crippen molar-refractivity contribution in [2.45, 2.75) is 224 Å². The van der Waals surface area contributed by atoms with E-state index in [1.165, 1.54) is 83.1 Å². The van der Waals surface area contributed by atoms with Gasteiger partial charge in [0.1, 0.15) is 43.2 Å². The lowest BCUT2D eigenvalue weighted by molar-refractivity contribution is -0.220. The predicted molar refractivity (Wildman–Crippen MR) is 239 cm³/mol. The first-order chi connectivity index (χ1) is 29.4. The number of phosphoric ester groups is 1. The summed E-state index contributed by atoms with van der Waals surface area (Å²) in [6.07, 6.45) is 30.8. The first kappa shape index (κ1) is 56.8. The fraction of sp³-hybridized carbons (Fsp3) is 0.787. The zero-order valence-corrected chi connectivity index (χ0v) is 38.3. The first-order valence-corrected chi connectivity index (χ1v) is 25.0. The summed E-state index contributed by atoms with van der Waals surface area (Å²) in [5.41, 5.74) is 0. The summed E-state index contributed by atoms with van der Waals surface area (Å²) < 4.78 is 33.3. The fourth-order valence-corrected chi connectivity index (χ4v) is 7.91. The third-order valence-electron chi connectivity index (χ3n) is 10.7. The molecule has 14 heteroatoms. The highest BCUT2D eigenvalue weighted by atomic mass is 31.2. The van der Waals surface area contributed by atoms with Gasteiger partial charge in [0.15, 0.2) is 6.10 Å². The Kier molecular flexibility index (Phi) is 34.7. The predicted octanol–water partition coefficient (Wildman–Crippen LogP) is 9.17. The van der Waals surface area contributed by atoms with Crippen LogP contribution in [-0.4, -0.2) is 98.3 Å². The molecule has 8 atom stereocenters. The second-order valence-electron chi connectivity index (χ2n) is 16.3. The number of hydrogen-bond acceptors (Lipinski definition) is 12. The maximum Gasteiger partial charge on any atom is 0.472 e. The Morgan fingerprint density at radius 3 is 1.54 bits per heavy atom. The minimum absolute atomic E-state index is 0.0674. The molecule has 0 aromatic heterocycles. The van der Waals surface area contributed by atoms with Crippen LogP contribution in [0.2, 0.25) is 0 Å². The maximum atomic E-state index is 12.8. The normalized spacial score (nSPS) is 22.4. The Morgan fingerprint density at radius 2 is 1.00 bits per heavy atom. The van der Waals surface area contributed by atoms with Crippen LogP contribution in [0.4, 0.5) is 0 Å². The number of allylic oxidation sites excluding steroid dienone is 7. The molecule has 13 nitrogen and oxygen atoms in total. The number of aliphatic hydroxyl groups excluding tert-OH is 5. The van der Waals surface area contributed by atoms with E-state index in [0.29, 0.717) is 6.42 Å². The van der Waals surface area contributed by atoms with Gasteiger partial charge >= 0.3 is 19.8 Å². The van der Waals surface area contributed by atoms with Crippen molar-refractivity contribution in [2.24, 2.45) is 0 Å². The lowest BCUT2D eigenvalue weighted by Crippen LogP contribution is -2.64. The van der Waals surface area contributed by atoms with E-state index < -0.39 is 75.7 Å². The monoisotopic (exact) mass is 887 g/mol. The van der Waals surface area contributed by atoms with Crippen molar-refractivity contribution in [3.63, 3.8) is 0 Å². The van der Waals surface area contributed by atoms with Gasteiger partial charge < -0.3 is 39.9 Å². The Bertz CT molecular complexity index is 1250. The highest BCUT2D eigenvalue weighted by Crippen LogP contribution is 2.47. The molecule has 0 amide bonds. The fourth-order valence-electron chi connectivity index (χ4n) is 6.94. The van der Waals surface area contributed by atoms with Crippen molar-refractivity contribution in [3.8, 4) is 0 Å². The van der Waals surface area contributed by atoms with Crippen LogP contribution < -0.4 is 0 Å². The summed E-state index contributed by atoms with van der Waals surface area (Å²) in [6.45, 7) is 3.16. The van der Waals surface area contributed by atoms with Crippen molar-refractivity contribution in [3.05, 3.63) is 48.6 Å². The molecule has 1 fully saturated rings. The van der Waals surface area contributed by atoms with Crippen molar-refractivity contribution in [1.29, 1.82) is 0 Å². The molecule has 354 valence electrons. The Labute approximate surface area is 367 Å². The molecule has 0 heterocycles. The van der Waals surface area contributed by atoms with E-state index in [2.05, 4.69) is 38.2 Å². The van der Waals surface area contributed by atoms with E-state index in [-0.39, 0.29) is 6.42 Å². The van der Waals surface area contributed by atoms with Crippen molar-refractivity contribution < 1.29 is 63.1 Å². The second-order valence-corrected chi connectivity index (χ2v) is 17.7. The van der Waals surface area contributed by atoms with Gasteiger partial charge in [-0.3, -0.25) is 13.8 Å². The molecule has 0 spiro atoms. The molecule has 6 N–H and O–H groups in total. The van der Waals surface area contributed by atoms with E-state index in [1.54, 1.807) is 12.2 Å². The molecule has 61 heavy (non-hydrogen) atoms. The van der Waals surface area contributed by atoms with Crippen molar-refractivity contribution in [1.82, 2.24) is 0 Å². The highest BCUT2D eigenvalue weighted by molar-refractivity contribution is 7.47. The van der Waals surface area contributed by atoms with Crippen molar-refractivity contribution in [2.75, 3.05) is 13.2 Å². The molecular weight excluding hydrogens is 803 g/mol. The number of aliphatic hydroxyl groups is 5. The van der Waals surface area contributed by atoms with Gasteiger partial charge in [0.25, 0.3) is 0 Å². The average molecular weight is 887 g/mol. The molecule has 1 aliphatic rings. The second kappa shape index (κ2) is 37.2. The highest BCUT2D eigenvalue weighted by Gasteiger charge is 2.51. The molecular formula is C47H83O13P. The van der Waals surface area contributed by atoms with Gasteiger partial charge in [0.05, 0.1) is 6.61 Å². The minimum Gasteiger partial charge on any atom is -0.458 e. The number of ether oxygens (including phenoxy) is 2. The zero-order chi connectivity index (χ0) is 45.0. The number of carbonyl (C=O) groups excluding carboxylic acids is 2. The summed E-state index contributed by atoms with van der Waals surface area (Å²) >= 11 is 0. The number of unbranched alkanes of at least 4 members (excludes halogenated alkanes) is 21. The minimum atomic E-state index is -5.14. The van der Waals surface area contributed by atoms with Crippen molar-refractivity contribution >= 4 is 19.8 Å². The number of esters is 2. The lowest BCUT2D eigenvalue weighted by Gasteiger charge is -2.41. The van der Waals surface area contributed by atoms with Crippen LogP contribution in [0.25, 0.3) is 0 Å². The smallest absolute Gasteiger partial charge is 0.458 e. The Hall–Kier alpha value is -2.19. The van der Waals surface area contributed by atoms with Crippen LogP contribution in [0.5, 0.6) is 0 Å². The lowest BCUT2D eigenvalue weighted by atomic mass is 9.85. The first-order valence-electron chi connectivity index (χ1n) is 23.5. The maximum absolute atomic E-state index is 12.8. The number of hydrogen-bond donors (Lipinski definition) is 6. The van der Waals surface area contributed by atoms with Crippen LogP contribution >= 0.6 is 7.82 Å². The molecule has 0 radical (unpaired) electrons. The van der Waals surface area contributed by atoms with Gasteiger partial charge in [-0.25, -0.2) is 9.36 Å². The SMILES string of the molecule is CCCCC/C=C/C/C=C/CCCCCCCCCC(=O)O[C@H](COC(=O)/C=C/C=C/CCCCCCCCCCCCC)COP(=O)(O)OC1C(O)C(O)C(O)[C@H](O)C1O. The third kappa shape index (κ3) is 29.7. The number of carbonyl (C=O) groups is 2. The largest absolute Gasteiger partial charge is 0.472 e. The third-order valence-corrected chi connectivity index (χ3v) is 11.7. The van der Waals surface area contributed by atoms with Gasteiger partial charge in [0, 0.05) is 12.5 Å². The van der Waals surface area contributed by atoms with Crippen LogP contribution in [0.3, 0.4) is 0 Å². The van der Waals surface area contributed by atoms with Gasteiger partial charge in [-0.1, -0.05) is 166 Å². The van der Waals surface area contributed by atoms with E-state index >= 15 is 0 Å². The molecule has 0 aromatic carbocycles. The molecule has 1 aliphatic carbocycles. The number of rotatable bonds is 38. The molecule has 6 unspecified atom stereocenters. The quantitative estimate of drug-likeness (QED) is 0.00854. The average Bonchev–Trinajstić information content (AvgIpc) is 3.24. The van der Waals surface area contributed by atoms with Crippen LogP contribution in [-0.2, 0) is 32.7 Å². The molecule has 0 aliphatic heterocycles. The van der Waals surface area contributed by atoms with Crippen LogP contribution in [0.1, 0.15) is 181 Å². The summed E-state index contributed by atoms with van der Waals surface area (Å²) in [6, 6.07) is 0. The van der Waals surface area contributed by atoms with Gasteiger partial charge in [-0.05, 0) is 51.4 Å².